The quantitative estimate of drug-likeness (QED) is 0.144. The Morgan fingerprint density at radius 3 is 2.00 bits per heavy atom. The van der Waals surface area contributed by atoms with Crippen LogP contribution >= 0.6 is 11.6 Å². The maximum absolute atomic E-state index is 14.6. The highest BCUT2D eigenvalue weighted by Gasteiger charge is 2.65. The van der Waals surface area contributed by atoms with Gasteiger partial charge in [0.1, 0.15) is 6.04 Å². The van der Waals surface area contributed by atoms with Crippen molar-refractivity contribution < 1.29 is 19.1 Å². The first-order chi connectivity index (χ1) is 22.5. The van der Waals surface area contributed by atoms with Crippen molar-refractivity contribution in [2.24, 2.45) is 11.8 Å². The number of rotatable bonds is 8. The standard InChI is InChI=1S/C37H31ClN4O4/c1-2-46-37(45)34-31-30(35(43)42(36(31)44)28-16-10-5-11-17-28)33(40(34)22-24-12-6-3-7-13-24)29-23-41(27-14-8-4-9-15-27)39-32(29)25-18-20-26(38)21-19-25/h3-21,23,30-31,33-34H,2,22H2,1H3/t30-,31+,33-,34+/m0/s1. The predicted molar refractivity (Wildman–Crippen MR) is 175 cm³/mol. The topological polar surface area (TPSA) is 84.7 Å². The van der Waals surface area contributed by atoms with Gasteiger partial charge in [-0.2, -0.15) is 5.10 Å². The van der Waals surface area contributed by atoms with Crippen LogP contribution < -0.4 is 4.90 Å². The molecule has 2 aliphatic heterocycles. The Hall–Kier alpha value is -5.05. The fraction of sp³-hybridized carbons (Fsp3) is 0.189. The van der Waals surface area contributed by atoms with Crippen molar-refractivity contribution in [1.29, 1.82) is 0 Å². The molecule has 230 valence electrons. The molecule has 2 fully saturated rings. The number of hydrogen-bond acceptors (Lipinski definition) is 6. The monoisotopic (exact) mass is 630 g/mol. The van der Waals surface area contributed by atoms with Crippen molar-refractivity contribution in [2.75, 3.05) is 11.5 Å². The Morgan fingerprint density at radius 2 is 1.37 bits per heavy atom. The van der Waals surface area contributed by atoms with Crippen molar-refractivity contribution in [3.63, 3.8) is 0 Å². The van der Waals surface area contributed by atoms with E-state index in [-0.39, 0.29) is 12.5 Å². The van der Waals surface area contributed by atoms with Gasteiger partial charge < -0.3 is 4.74 Å². The maximum Gasteiger partial charge on any atom is 0.324 e. The van der Waals surface area contributed by atoms with E-state index in [1.165, 1.54) is 4.90 Å². The lowest BCUT2D eigenvalue weighted by atomic mass is 9.86. The maximum atomic E-state index is 14.6. The van der Waals surface area contributed by atoms with Crippen LogP contribution in [0.25, 0.3) is 16.9 Å². The zero-order valence-electron chi connectivity index (χ0n) is 25.1. The highest BCUT2D eigenvalue weighted by atomic mass is 35.5. The summed E-state index contributed by atoms with van der Waals surface area (Å²) in [5.41, 5.74) is 4.38. The number of aromatic nitrogens is 2. The van der Waals surface area contributed by atoms with Gasteiger partial charge in [0.15, 0.2) is 0 Å². The molecule has 8 nitrogen and oxygen atoms in total. The second kappa shape index (κ2) is 12.4. The lowest BCUT2D eigenvalue weighted by molar-refractivity contribution is -0.152. The van der Waals surface area contributed by atoms with Crippen LogP contribution in [0.1, 0.15) is 24.1 Å². The highest BCUT2D eigenvalue weighted by Crippen LogP contribution is 2.53. The van der Waals surface area contributed by atoms with Gasteiger partial charge in [-0.25, -0.2) is 9.58 Å². The lowest BCUT2D eigenvalue weighted by Gasteiger charge is -2.32. The number of hydrogen-bond donors (Lipinski definition) is 0. The van der Waals surface area contributed by atoms with Gasteiger partial charge in [0.25, 0.3) is 0 Å². The van der Waals surface area contributed by atoms with Crippen LogP contribution in [-0.2, 0) is 25.7 Å². The number of carbonyl (C=O) groups excluding carboxylic acids is 3. The SMILES string of the molecule is CCOC(=O)[C@H]1[C@@H]2C(=O)N(c3ccccc3)C(=O)[C@@H]2[C@H](c2cn(-c3ccccc3)nc2-c2ccc(Cl)cc2)N1Cc1ccccc1. The van der Waals surface area contributed by atoms with Gasteiger partial charge in [-0.05, 0) is 48.9 Å². The molecule has 0 saturated carbocycles. The summed E-state index contributed by atoms with van der Waals surface area (Å²) in [4.78, 5) is 46.0. The zero-order valence-corrected chi connectivity index (χ0v) is 25.8. The van der Waals surface area contributed by atoms with Crippen LogP contribution in [0.4, 0.5) is 5.69 Å². The molecule has 46 heavy (non-hydrogen) atoms. The van der Waals surface area contributed by atoms with E-state index in [0.717, 1.165) is 22.4 Å². The van der Waals surface area contributed by atoms with E-state index in [4.69, 9.17) is 21.4 Å². The third-order valence-corrected chi connectivity index (χ3v) is 8.99. The van der Waals surface area contributed by atoms with Crippen molar-refractivity contribution in [3.8, 4) is 16.9 Å². The molecular weight excluding hydrogens is 600 g/mol. The molecule has 0 aliphatic carbocycles. The van der Waals surface area contributed by atoms with Gasteiger partial charge in [-0.15, -0.1) is 0 Å². The van der Waals surface area contributed by atoms with E-state index in [2.05, 4.69) is 0 Å². The Kier molecular flexibility index (Phi) is 7.98. The molecule has 7 rings (SSSR count). The summed E-state index contributed by atoms with van der Waals surface area (Å²) >= 11 is 6.27. The number of halogens is 1. The Bertz CT molecular complexity index is 1880. The summed E-state index contributed by atoms with van der Waals surface area (Å²) in [6.45, 7) is 2.19. The Morgan fingerprint density at radius 1 is 0.783 bits per heavy atom. The molecule has 0 spiro atoms. The van der Waals surface area contributed by atoms with Gasteiger partial charge in [0.2, 0.25) is 11.8 Å². The second-order valence-corrected chi connectivity index (χ2v) is 11.9. The van der Waals surface area contributed by atoms with E-state index in [0.29, 0.717) is 22.9 Å². The molecule has 0 N–H and O–H groups in total. The van der Waals surface area contributed by atoms with Crippen molar-refractivity contribution in [2.45, 2.75) is 25.6 Å². The predicted octanol–water partition coefficient (Wildman–Crippen LogP) is 6.49. The van der Waals surface area contributed by atoms with Crippen LogP contribution in [0, 0.1) is 11.8 Å². The number of para-hydroxylation sites is 2. The number of nitrogens with zero attached hydrogens (tertiary/aromatic N) is 4. The second-order valence-electron chi connectivity index (χ2n) is 11.4. The van der Waals surface area contributed by atoms with Gasteiger partial charge >= 0.3 is 5.97 Å². The Labute approximate surface area is 271 Å². The fourth-order valence-corrected chi connectivity index (χ4v) is 6.94. The number of anilines is 1. The zero-order chi connectivity index (χ0) is 31.8. The summed E-state index contributed by atoms with van der Waals surface area (Å²) in [6.07, 6.45) is 1.91. The molecule has 2 saturated heterocycles. The van der Waals surface area contributed by atoms with Crippen LogP contribution in [0.2, 0.25) is 5.02 Å². The molecule has 2 amide bonds. The van der Waals surface area contributed by atoms with Crippen molar-refractivity contribution >= 4 is 35.1 Å². The van der Waals surface area contributed by atoms with E-state index < -0.39 is 35.8 Å². The number of esters is 1. The van der Waals surface area contributed by atoms with Crippen LogP contribution in [0.15, 0.2) is 121 Å². The first-order valence-electron chi connectivity index (χ1n) is 15.3. The van der Waals surface area contributed by atoms with Gasteiger partial charge in [-0.1, -0.05) is 90.5 Å². The molecular formula is C37H31ClN4O4. The van der Waals surface area contributed by atoms with Crippen molar-refractivity contribution in [1.82, 2.24) is 14.7 Å². The molecule has 5 aromatic rings. The average molecular weight is 631 g/mol. The molecule has 2 aliphatic rings. The molecule has 1 aromatic heterocycles. The first kappa shape index (κ1) is 29.6. The number of likely N-dealkylation sites (tertiary alicyclic amines) is 1. The summed E-state index contributed by atoms with van der Waals surface area (Å²) < 4.78 is 7.40. The van der Waals surface area contributed by atoms with E-state index >= 15 is 0 Å². The molecule has 9 heteroatoms. The normalized spacial score (nSPS) is 21.0. The van der Waals surface area contributed by atoms with Gasteiger partial charge in [0, 0.05) is 28.9 Å². The number of amides is 2. The van der Waals surface area contributed by atoms with Gasteiger partial charge in [0.05, 0.1) is 41.6 Å². The number of imide groups is 1. The third kappa shape index (κ3) is 5.19. The number of benzene rings is 4. The molecule has 0 bridgehead atoms. The first-order valence-corrected chi connectivity index (χ1v) is 15.6. The highest BCUT2D eigenvalue weighted by molar-refractivity contribution is 6.30. The smallest absolute Gasteiger partial charge is 0.324 e. The number of carbonyl (C=O) groups is 3. The van der Waals surface area contributed by atoms with E-state index in [1.54, 1.807) is 48.0 Å². The number of ether oxygens (including phenoxy) is 1. The van der Waals surface area contributed by atoms with Crippen LogP contribution in [0.3, 0.4) is 0 Å². The molecule has 0 radical (unpaired) electrons. The largest absolute Gasteiger partial charge is 0.465 e. The minimum Gasteiger partial charge on any atom is -0.465 e. The lowest BCUT2D eigenvalue weighted by Crippen LogP contribution is -2.46. The summed E-state index contributed by atoms with van der Waals surface area (Å²) in [7, 11) is 0. The molecule has 4 aromatic carbocycles. The molecule has 3 heterocycles. The van der Waals surface area contributed by atoms with Gasteiger partial charge in [-0.3, -0.25) is 19.3 Å². The van der Waals surface area contributed by atoms with Crippen LogP contribution in [-0.4, -0.2) is 45.1 Å². The Balaban J connectivity index is 1.46. The third-order valence-electron chi connectivity index (χ3n) is 8.74. The fourth-order valence-electron chi connectivity index (χ4n) is 6.82. The van der Waals surface area contributed by atoms with Crippen LogP contribution in [0.5, 0.6) is 0 Å². The summed E-state index contributed by atoms with van der Waals surface area (Å²) in [5.74, 6) is -3.13. The summed E-state index contributed by atoms with van der Waals surface area (Å²) in [5, 5.41) is 5.61. The molecule has 4 atom stereocenters. The van der Waals surface area contributed by atoms with Crippen molar-refractivity contribution in [3.05, 3.63) is 138 Å². The molecule has 0 unspecified atom stereocenters. The minimum absolute atomic E-state index is 0.142. The minimum atomic E-state index is -1.00. The summed E-state index contributed by atoms with van der Waals surface area (Å²) in [6, 6.07) is 34.0. The average Bonchev–Trinajstić information content (AvgIpc) is 3.73. The van der Waals surface area contributed by atoms with E-state index in [9.17, 15) is 14.4 Å². The van der Waals surface area contributed by atoms with E-state index in [1.807, 2.05) is 90.0 Å². The number of fused-ring (bicyclic) bond motifs is 1.